The van der Waals surface area contributed by atoms with Crippen molar-refractivity contribution in [2.45, 2.75) is 36.2 Å². The van der Waals surface area contributed by atoms with Crippen molar-refractivity contribution in [2.75, 3.05) is 60.1 Å². The molecule has 1 aliphatic heterocycles. The maximum absolute atomic E-state index is 5.78. The summed E-state index contributed by atoms with van der Waals surface area (Å²) in [6, 6.07) is 12.5. The molecular weight excluding hydrogens is 466 g/mol. The van der Waals surface area contributed by atoms with Crippen LogP contribution in [0.3, 0.4) is 0 Å². The van der Waals surface area contributed by atoms with Crippen molar-refractivity contribution in [1.82, 2.24) is 4.90 Å². The van der Waals surface area contributed by atoms with Gasteiger partial charge in [-0.25, -0.2) is 0 Å². The maximum atomic E-state index is 5.78. The summed E-state index contributed by atoms with van der Waals surface area (Å²) in [5.74, 6) is 5.76. The highest BCUT2D eigenvalue weighted by Crippen LogP contribution is 2.56. The molecule has 7 heteroatoms. The molecule has 1 fully saturated rings. The Kier molecular flexibility index (Phi) is 10.6. The Bertz CT molecular complexity index is 902. The number of hydrogen-bond donors (Lipinski definition) is 0. The largest absolute Gasteiger partial charge is 0.497 e. The molecule has 5 nitrogen and oxygen atoms in total. The Morgan fingerprint density at radius 2 is 1.53 bits per heavy atom. The summed E-state index contributed by atoms with van der Waals surface area (Å²) in [4.78, 5) is 2.43. The highest BCUT2D eigenvalue weighted by molar-refractivity contribution is 8.18. The van der Waals surface area contributed by atoms with Crippen LogP contribution in [0, 0.1) is 0 Å². The molecule has 0 bridgehead atoms. The van der Waals surface area contributed by atoms with Crippen molar-refractivity contribution in [3.8, 4) is 23.0 Å². The van der Waals surface area contributed by atoms with Gasteiger partial charge in [0.15, 0.2) is 11.5 Å². The molecule has 0 radical (unpaired) electrons. The van der Waals surface area contributed by atoms with Crippen LogP contribution in [-0.4, -0.2) is 65.0 Å². The fourth-order valence-electron chi connectivity index (χ4n) is 4.33. The second kappa shape index (κ2) is 13.4. The van der Waals surface area contributed by atoms with Crippen LogP contribution < -0.4 is 18.9 Å². The first-order valence-electron chi connectivity index (χ1n) is 11.9. The van der Waals surface area contributed by atoms with Gasteiger partial charge in [0.05, 0.1) is 32.5 Å². The Morgan fingerprint density at radius 3 is 2.21 bits per heavy atom. The van der Waals surface area contributed by atoms with Gasteiger partial charge in [-0.1, -0.05) is 6.07 Å². The highest BCUT2D eigenvalue weighted by atomic mass is 32.2. The van der Waals surface area contributed by atoms with Crippen LogP contribution in [0.25, 0.3) is 0 Å². The third-order valence-corrected chi connectivity index (χ3v) is 9.78. The van der Waals surface area contributed by atoms with Crippen molar-refractivity contribution in [3.05, 3.63) is 47.5 Å². The van der Waals surface area contributed by atoms with E-state index in [1.165, 1.54) is 41.9 Å². The molecule has 0 unspecified atom stereocenters. The van der Waals surface area contributed by atoms with Crippen LogP contribution in [0.15, 0.2) is 36.4 Å². The standard InChI is InChI=1S/C27H39NO4S2/c1-28(16-13-21-9-12-24(30-3)26(19-21)32-5)15-7-6-14-27(33-17-8-18-34-27)23-11-10-22(29-2)20-25(23)31-4/h9-12,19-20H,6-8,13-18H2,1-5H3. The van der Waals surface area contributed by atoms with Gasteiger partial charge in [-0.2, -0.15) is 0 Å². The number of rotatable bonds is 13. The number of methoxy groups -OCH3 is 4. The molecule has 2 aromatic rings. The first kappa shape index (κ1) is 26.9. The summed E-state index contributed by atoms with van der Waals surface area (Å²) in [6.07, 6.45) is 5.79. The maximum Gasteiger partial charge on any atom is 0.160 e. The second-order valence-corrected chi connectivity index (χ2v) is 11.6. The summed E-state index contributed by atoms with van der Waals surface area (Å²) in [5.41, 5.74) is 2.57. The Balaban J connectivity index is 1.53. The Morgan fingerprint density at radius 1 is 0.794 bits per heavy atom. The lowest BCUT2D eigenvalue weighted by Gasteiger charge is -2.37. The van der Waals surface area contributed by atoms with Crippen molar-refractivity contribution >= 4 is 23.5 Å². The zero-order chi connectivity index (χ0) is 24.4. The fraction of sp³-hybridized carbons (Fsp3) is 0.556. The van der Waals surface area contributed by atoms with Crippen LogP contribution >= 0.6 is 23.5 Å². The molecule has 0 N–H and O–H groups in total. The van der Waals surface area contributed by atoms with E-state index < -0.39 is 0 Å². The van der Waals surface area contributed by atoms with Crippen LogP contribution in [0.1, 0.15) is 36.8 Å². The third-order valence-electron chi connectivity index (χ3n) is 6.30. The molecule has 3 rings (SSSR count). The number of nitrogens with zero attached hydrogens (tertiary/aromatic N) is 1. The van der Waals surface area contributed by atoms with Crippen molar-refractivity contribution in [3.63, 3.8) is 0 Å². The molecule has 0 saturated carbocycles. The average molecular weight is 506 g/mol. The summed E-state index contributed by atoms with van der Waals surface area (Å²) in [6.45, 7) is 2.12. The predicted octanol–water partition coefficient (Wildman–Crippen LogP) is 6.09. The van der Waals surface area contributed by atoms with Gasteiger partial charge in [0, 0.05) is 18.2 Å². The van der Waals surface area contributed by atoms with E-state index in [2.05, 4.69) is 59.7 Å². The highest BCUT2D eigenvalue weighted by Gasteiger charge is 2.37. The van der Waals surface area contributed by atoms with Gasteiger partial charge in [-0.3, -0.25) is 0 Å². The molecule has 34 heavy (non-hydrogen) atoms. The van der Waals surface area contributed by atoms with E-state index in [-0.39, 0.29) is 4.08 Å². The summed E-state index contributed by atoms with van der Waals surface area (Å²) >= 11 is 4.17. The minimum atomic E-state index is 0.0636. The fourth-order valence-corrected chi connectivity index (χ4v) is 7.81. The minimum Gasteiger partial charge on any atom is -0.497 e. The molecule has 0 atom stereocenters. The number of benzene rings is 2. The molecule has 0 aromatic heterocycles. The quantitative estimate of drug-likeness (QED) is 0.305. The molecule has 1 saturated heterocycles. The normalized spacial score (nSPS) is 15.2. The summed E-state index contributed by atoms with van der Waals surface area (Å²) in [5, 5.41) is 0. The van der Waals surface area contributed by atoms with E-state index in [1.54, 1.807) is 28.4 Å². The van der Waals surface area contributed by atoms with E-state index in [4.69, 9.17) is 18.9 Å². The summed E-state index contributed by atoms with van der Waals surface area (Å²) in [7, 11) is 9.04. The predicted molar refractivity (Wildman–Crippen MR) is 145 cm³/mol. The van der Waals surface area contributed by atoms with Gasteiger partial charge < -0.3 is 23.8 Å². The second-order valence-electron chi connectivity index (χ2n) is 8.57. The molecule has 0 aliphatic carbocycles. The molecule has 1 aliphatic rings. The van der Waals surface area contributed by atoms with E-state index >= 15 is 0 Å². The lowest BCUT2D eigenvalue weighted by Crippen LogP contribution is -2.25. The van der Waals surface area contributed by atoms with Crippen molar-refractivity contribution < 1.29 is 18.9 Å². The molecule has 0 spiro atoms. The SMILES string of the molecule is COc1ccc(C2(CCCCN(C)CCc3ccc(OC)c(OC)c3)SCCCS2)c(OC)c1. The third kappa shape index (κ3) is 6.92. The Hall–Kier alpha value is -1.70. The summed E-state index contributed by atoms with van der Waals surface area (Å²) < 4.78 is 22.1. The van der Waals surface area contributed by atoms with Crippen molar-refractivity contribution in [1.29, 1.82) is 0 Å². The topological polar surface area (TPSA) is 40.2 Å². The molecule has 1 heterocycles. The van der Waals surface area contributed by atoms with Gasteiger partial charge in [-0.15, -0.1) is 23.5 Å². The van der Waals surface area contributed by atoms with E-state index in [9.17, 15) is 0 Å². The average Bonchev–Trinajstić information content (AvgIpc) is 2.89. The molecule has 0 amide bonds. The van der Waals surface area contributed by atoms with E-state index in [0.29, 0.717) is 0 Å². The van der Waals surface area contributed by atoms with Crippen LogP contribution in [-0.2, 0) is 10.5 Å². The minimum absolute atomic E-state index is 0.0636. The smallest absolute Gasteiger partial charge is 0.160 e. The van der Waals surface area contributed by atoms with Gasteiger partial charge in [0.1, 0.15) is 11.5 Å². The van der Waals surface area contributed by atoms with Crippen LogP contribution in [0.2, 0.25) is 0 Å². The van der Waals surface area contributed by atoms with E-state index in [0.717, 1.165) is 48.9 Å². The number of unbranched alkanes of at least 4 members (excludes halogenated alkanes) is 1. The lowest BCUT2D eigenvalue weighted by atomic mass is 10.0. The number of hydrogen-bond acceptors (Lipinski definition) is 7. The number of thioether (sulfide) groups is 2. The van der Waals surface area contributed by atoms with Gasteiger partial charge in [0.25, 0.3) is 0 Å². The molecular formula is C27H39NO4S2. The number of ether oxygens (including phenoxy) is 4. The first-order valence-corrected chi connectivity index (χ1v) is 13.9. The van der Waals surface area contributed by atoms with Gasteiger partial charge >= 0.3 is 0 Å². The first-order chi connectivity index (χ1) is 16.5. The van der Waals surface area contributed by atoms with Gasteiger partial charge in [0.2, 0.25) is 0 Å². The number of likely N-dealkylation sites (N-methyl/N-ethyl adjacent to an activating group) is 1. The lowest BCUT2D eigenvalue weighted by molar-refractivity contribution is 0.326. The van der Waals surface area contributed by atoms with Crippen molar-refractivity contribution in [2.24, 2.45) is 0 Å². The zero-order valence-corrected chi connectivity index (χ0v) is 22.9. The zero-order valence-electron chi connectivity index (χ0n) is 21.2. The molecule has 188 valence electrons. The monoisotopic (exact) mass is 505 g/mol. The molecule has 2 aromatic carbocycles. The van der Waals surface area contributed by atoms with Crippen LogP contribution in [0.4, 0.5) is 0 Å². The van der Waals surface area contributed by atoms with E-state index in [1.807, 2.05) is 12.1 Å². The Labute approximate surface area is 213 Å². The van der Waals surface area contributed by atoms with Crippen LogP contribution in [0.5, 0.6) is 23.0 Å². The van der Waals surface area contributed by atoms with Gasteiger partial charge in [-0.05, 0) is 87.0 Å².